The molecule has 1 heterocycles. The number of fused-ring (bicyclic) bond motifs is 1. The van der Waals surface area contributed by atoms with E-state index >= 15 is 0 Å². The summed E-state index contributed by atoms with van der Waals surface area (Å²) in [6, 6.07) is 22.8. The van der Waals surface area contributed by atoms with Gasteiger partial charge in [-0.15, -0.1) is 0 Å². The number of alkyl halides is 3. The summed E-state index contributed by atoms with van der Waals surface area (Å²) in [5, 5.41) is 2.64. The summed E-state index contributed by atoms with van der Waals surface area (Å²) < 4.78 is 58.9. The average molecular weight is 549 g/mol. The van der Waals surface area contributed by atoms with Crippen LogP contribution in [0.3, 0.4) is 0 Å². The van der Waals surface area contributed by atoms with Crippen LogP contribution >= 0.6 is 0 Å². The van der Waals surface area contributed by atoms with Crippen molar-refractivity contribution in [2.75, 3.05) is 12.4 Å². The normalized spacial score (nSPS) is 16.8. The Morgan fingerprint density at radius 1 is 0.925 bits per heavy atom. The van der Waals surface area contributed by atoms with Crippen LogP contribution in [0.4, 0.5) is 23.2 Å². The lowest BCUT2D eigenvalue weighted by Crippen LogP contribution is -2.45. The first-order valence-electron chi connectivity index (χ1n) is 12.4. The minimum absolute atomic E-state index is 0.0206. The Morgan fingerprint density at radius 3 is 2.30 bits per heavy atom. The molecular formula is C31H24F4N2O3. The number of nitrogens with zero attached hydrogens (tertiary/aromatic N) is 1. The second-order valence-electron chi connectivity index (χ2n) is 9.41. The number of carbonyl (C=O) groups excluding carboxylic acids is 2. The minimum Gasteiger partial charge on any atom is -0.497 e. The molecule has 204 valence electrons. The quantitative estimate of drug-likeness (QED) is 0.265. The highest BCUT2D eigenvalue weighted by molar-refractivity contribution is 6.04. The van der Waals surface area contributed by atoms with Crippen molar-refractivity contribution in [1.29, 1.82) is 0 Å². The summed E-state index contributed by atoms with van der Waals surface area (Å²) in [7, 11) is 1.52. The Kier molecular flexibility index (Phi) is 7.30. The molecule has 0 bridgehead atoms. The fourth-order valence-corrected chi connectivity index (χ4v) is 5.00. The first-order valence-corrected chi connectivity index (χ1v) is 12.4. The van der Waals surface area contributed by atoms with Gasteiger partial charge in [0, 0.05) is 17.8 Å². The van der Waals surface area contributed by atoms with Crippen molar-refractivity contribution in [3.05, 3.63) is 131 Å². The number of hydrogen-bond acceptors (Lipinski definition) is 3. The van der Waals surface area contributed by atoms with Gasteiger partial charge in [0.15, 0.2) is 0 Å². The smallest absolute Gasteiger partial charge is 0.416 e. The summed E-state index contributed by atoms with van der Waals surface area (Å²) in [5.41, 5.74) is 1.10. The first kappa shape index (κ1) is 26.9. The number of amides is 2. The monoisotopic (exact) mass is 548 g/mol. The fourth-order valence-electron chi connectivity index (χ4n) is 5.00. The number of hydrogen-bond donors (Lipinski definition) is 1. The number of methoxy groups -OCH3 is 1. The maximum absolute atomic E-state index is 13.9. The third-order valence-electron chi connectivity index (χ3n) is 6.90. The number of carbonyl (C=O) groups is 2. The first-order chi connectivity index (χ1) is 19.2. The van der Waals surface area contributed by atoms with Crippen LogP contribution in [-0.2, 0) is 17.5 Å². The highest BCUT2D eigenvalue weighted by atomic mass is 19.4. The molecule has 1 N–H and O–H groups in total. The summed E-state index contributed by atoms with van der Waals surface area (Å²) >= 11 is 0. The second-order valence-corrected chi connectivity index (χ2v) is 9.41. The molecule has 9 heteroatoms. The maximum atomic E-state index is 13.9. The maximum Gasteiger partial charge on any atom is 0.416 e. The van der Waals surface area contributed by atoms with Gasteiger partial charge >= 0.3 is 6.18 Å². The van der Waals surface area contributed by atoms with E-state index in [0.29, 0.717) is 28.0 Å². The van der Waals surface area contributed by atoms with Gasteiger partial charge in [0.1, 0.15) is 11.6 Å². The molecule has 1 aliphatic heterocycles. The Bertz CT molecular complexity index is 1540. The van der Waals surface area contributed by atoms with Gasteiger partial charge in [-0.3, -0.25) is 9.59 Å². The molecule has 0 aromatic heterocycles. The largest absolute Gasteiger partial charge is 0.497 e. The summed E-state index contributed by atoms with van der Waals surface area (Å²) in [4.78, 5) is 29.3. The van der Waals surface area contributed by atoms with E-state index < -0.39 is 35.4 Å². The molecule has 0 spiro atoms. The van der Waals surface area contributed by atoms with Crippen molar-refractivity contribution in [2.24, 2.45) is 0 Å². The van der Waals surface area contributed by atoms with Crippen LogP contribution in [0.1, 0.15) is 44.6 Å². The number of rotatable bonds is 6. The standard InChI is InChI=1S/C31H24F4N2O3/c1-40-24-15-11-20(12-16-24)28-27(29(38)36-23-6-4-5-21(17-23)31(33,34)35)25-7-2-3-8-26(25)30(39)37(28)18-19-9-13-22(32)14-10-19/h2-17,27-28H,18H2,1H3,(H,36,38)/t27-,28-/m0/s1. The molecule has 0 aliphatic carbocycles. The average Bonchev–Trinajstić information content (AvgIpc) is 2.95. The summed E-state index contributed by atoms with van der Waals surface area (Å²) in [6.07, 6.45) is -4.58. The molecule has 0 unspecified atom stereocenters. The highest BCUT2D eigenvalue weighted by Gasteiger charge is 2.44. The van der Waals surface area contributed by atoms with Crippen molar-refractivity contribution in [1.82, 2.24) is 4.90 Å². The van der Waals surface area contributed by atoms with Crippen molar-refractivity contribution in [3.63, 3.8) is 0 Å². The van der Waals surface area contributed by atoms with Gasteiger partial charge in [0.2, 0.25) is 5.91 Å². The summed E-state index contributed by atoms with van der Waals surface area (Å²) in [5.74, 6) is -1.74. The molecule has 0 saturated carbocycles. The van der Waals surface area contributed by atoms with E-state index in [-0.39, 0.29) is 18.1 Å². The van der Waals surface area contributed by atoms with Gasteiger partial charge in [-0.05, 0) is 65.2 Å². The zero-order chi connectivity index (χ0) is 28.4. The lowest BCUT2D eigenvalue weighted by atomic mass is 9.79. The number of anilines is 1. The van der Waals surface area contributed by atoms with Crippen molar-refractivity contribution in [3.8, 4) is 5.75 Å². The van der Waals surface area contributed by atoms with Crippen LogP contribution in [0.25, 0.3) is 0 Å². The predicted molar refractivity (Wildman–Crippen MR) is 141 cm³/mol. The molecule has 40 heavy (non-hydrogen) atoms. The number of benzene rings is 4. The van der Waals surface area contributed by atoms with Gasteiger partial charge in [0.05, 0.1) is 24.6 Å². The molecule has 0 saturated heterocycles. The molecule has 5 nitrogen and oxygen atoms in total. The van der Waals surface area contributed by atoms with E-state index in [4.69, 9.17) is 4.74 Å². The van der Waals surface area contributed by atoms with Gasteiger partial charge < -0.3 is 15.0 Å². The van der Waals surface area contributed by atoms with E-state index in [1.807, 2.05) is 0 Å². The molecule has 2 amide bonds. The number of halogens is 4. The zero-order valence-electron chi connectivity index (χ0n) is 21.3. The molecule has 4 aromatic carbocycles. The predicted octanol–water partition coefficient (Wildman–Crippen LogP) is 6.97. The lowest BCUT2D eigenvalue weighted by Gasteiger charge is -2.42. The number of ether oxygens (including phenoxy) is 1. The van der Waals surface area contributed by atoms with Crippen LogP contribution in [0.5, 0.6) is 5.75 Å². The second kappa shape index (κ2) is 10.8. The van der Waals surface area contributed by atoms with Crippen LogP contribution in [0, 0.1) is 5.82 Å². The Morgan fingerprint density at radius 2 is 1.62 bits per heavy atom. The Labute approximate surface area is 228 Å². The van der Waals surface area contributed by atoms with Crippen LogP contribution in [-0.4, -0.2) is 23.8 Å². The molecular weight excluding hydrogens is 524 g/mol. The van der Waals surface area contributed by atoms with E-state index in [2.05, 4.69) is 5.32 Å². The van der Waals surface area contributed by atoms with Crippen molar-refractivity contribution >= 4 is 17.5 Å². The van der Waals surface area contributed by atoms with E-state index in [1.165, 1.54) is 36.3 Å². The van der Waals surface area contributed by atoms with Gasteiger partial charge in [-0.2, -0.15) is 13.2 Å². The van der Waals surface area contributed by atoms with Gasteiger partial charge in [-0.1, -0.05) is 48.5 Å². The van der Waals surface area contributed by atoms with Crippen molar-refractivity contribution < 1.29 is 31.9 Å². The van der Waals surface area contributed by atoms with E-state index in [0.717, 1.165) is 12.1 Å². The topological polar surface area (TPSA) is 58.6 Å². The highest BCUT2D eigenvalue weighted by Crippen LogP contribution is 2.44. The molecule has 1 aliphatic rings. The van der Waals surface area contributed by atoms with Crippen LogP contribution in [0.15, 0.2) is 97.1 Å². The molecule has 5 rings (SSSR count). The SMILES string of the molecule is COc1ccc([C@H]2[C@@H](C(=O)Nc3cccc(C(F)(F)F)c3)c3ccccc3C(=O)N2Cc2ccc(F)cc2)cc1. The Hall–Kier alpha value is -4.66. The molecule has 2 atom stereocenters. The third-order valence-corrected chi connectivity index (χ3v) is 6.90. The zero-order valence-corrected chi connectivity index (χ0v) is 21.3. The fraction of sp³-hybridized carbons (Fsp3) is 0.161. The minimum atomic E-state index is -4.58. The van der Waals surface area contributed by atoms with E-state index in [1.54, 1.807) is 60.7 Å². The molecule has 0 radical (unpaired) electrons. The van der Waals surface area contributed by atoms with Gasteiger partial charge in [0.25, 0.3) is 5.91 Å². The van der Waals surface area contributed by atoms with Crippen LogP contribution < -0.4 is 10.1 Å². The molecule has 0 fully saturated rings. The Balaban J connectivity index is 1.61. The third kappa shape index (κ3) is 5.40. The van der Waals surface area contributed by atoms with Gasteiger partial charge in [-0.25, -0.2) is 4.39 Å². The number of nitrogens with one attached hydrogen (secondary N) is 1. The summed E-state index contributed by atoms with van der Waals surface area (Å²) in [6.45, 7) is 0.0669. The van der Waals surface area contributed by atoms with E-state index in [9.17, 15) is 27.2 Å². The molecule has 4 aromatic rings. The van der Waals surface area contributed by atoms with Crippen molar-refractivity contribution in [2.45, 2.75) is 24.7 Å². The lowest BCUT2D eigenvalue weighted by molar-refractivity contribution is -0.137. The van der Waals surface area contributed by atoms with Crippen LogP contribution in [0.2, 0.25) is 0 Å².